The Bertz CT molecular complexity index is 2030. The Morgan fingerprint density at radius 3 is 1.00 bits per heavy atom. The molecule has 0 saturated carbocycles. The molecule has 0 aliphatic rings. The summed E-state index contributed by atoms with van der Waals surface area (Å²) in [6, 6.07) is 0. The number of hydrogen-bond acceptors (Lipinski definition) is 14. The van der Waals surface area contributed by atoms with Gasteiger partial charge in [-0.15, -0.1) is 0 Å². The first-order valence-corrected chi connectivity index (χ1v) is 36.2. The number of carbonyl (C=O) groups excluding carboxylic acids is 3. The van der Waals surface area contributed by atoms with Crippen LogP contribution in [0.1, 0.15) is 252 Å². The van der Waals surface area contributed by atoms with E-state index in [2.05, 4.69) is 130 Å². The minimum atomic E-state index is -4.93. The van der Waals surface area contributed by atoms with Crippen molar-refractivity contribution >= 4 is 33.6 Å². The number of rotatable bonds is 62. The standard InChI is InChI=1S/C69H118O16P2/c1-4-7-10-13-16-19-22-24-26-28-30-31-33-35-36-38-41-43-46-49-52-55-67(72)79-58-64(70)59-81-86(75,76)82-60-65(71)61-83-87(77,78)84-63-66(85-69(74)57-54-51-48-45-40-21-18-15-12-9-6-3)62-80-68(73)56-53-50-47-44-42-39-37-34-32-29-27-25-23-20-17-14-11-8-5-2/h8,11,16-17,19-20,24-27,30-32,34-36,39,42,64-66,70-71H,4-7,9-10,12-15,18,21-23,28-29,33,37-38,40-41,43-63H2,1-3H3,(H,75,76)(H,77,78)/b11-8-,19-16-,20-17-,26-24-,27-25-,31-30-,34-32-,36-35-,42-39-. The molecule has 0 aromatic rings. The van der Waals surface area contributed by atoms with Gasteiger partial charge < -0.3 is 34.2 Å². The second-order valence-corrected chi connectivity index (χ2v) is 24.8. The van der Waals surface area contributed by atoms with E-state index in [4.69, 9.17) is 32.3 Å². The van der Waals surface area contributed by atoms with E-state index >= 15 is 0 Å². The monoisotopic (exact) mass is 1260 g/mol. The third-order valence-electron chi connectivity index (χ3n) is 13.5. The highest BCUT2D eigenvalue weighted by atomic mass is 31.2. The van der Waals surface area contributed by atoms with Crippen LogP contribution in [0.3, 0.4) is 0 Å². The summed E-state index contributed by atoms with van der Waals surface area (Å²) >= 11 is 0. The maximum Gasteiger partial charge on any atom is 0.472 e. The SMILES string of the molecule is CC/C=C\C/C=C\C/C=C\C/C=C\C/C=C\CCCCCC(=O)OCC(COP(=O)(O)OCC(O)COP(=O)(O)OCC(O)COC(=O)CCCCCCC/C=C\C/C=C\C/C=C\C/C=C\CCCCC)OC(=O)CCCCCCCCCCCCC. The quantitative estimate of drug-likeness (QED) is 0.0146. The number of phosphoric ester groups is 2. The molecule has 5 unspecified atom stereocenters. The van der Waals surface area contributed by atoms with Crippen molar-refractivity contribution in [2.75, 3.05) is 39.6 Å². The van der Waals surface area contributed by atoms with Gasteiger partial charge in [0.25, 0.3) is 0 Å². The van der Waals surface area contributed by atoms with Gasteiger partial charge in [0.1, 0.15) is 25.4 Å². The lowest BCUT2D eigenvalue weighted by Crippen LogP contribution is -2.30. The van der Waals surface area contributed by atoms with Crippen molar-refractivity contribution in [3.05, 3.63) is 109 Å². The van der Waals surface area contributed by atoms with E-state index < -0.39 is 91.5 Å². The molecule has 87 heavy (non-hydrogen) atoms. The molecule has 0 aromatic carbocycles. The Hall–Kier alpha value is -3.79. The normalized spacial score (nSPS) is 15.0. The molecule has 18 heteroatoms. The smallest absolute Gasteiger partial charge is 0.463 e. The molecule has 5 atom stereocenters. The molecule has 0 aromatic heterocycles. The zero-order chi connectivity index (χ0) is 63.8. The molecular weight excluding hydrogens is 1150 g/mol. The van der Waals surface area contributed by atoms with Crippen molar-refractivity contribution < 1.29 is 75.8 Å². The van der Waals surface area contributed by atoms with Crippen LogP contribution in [0.5, 0.6) is 0 Å². The molecule has 0 heterocycles. The summed E-state index contributed by atoms with van der Waals surface area (Å²) in [5, 5.41) is 20.5. The summed E-state index contributed by atoms with van der Waals surface area (Å²) in [6.07, 6.45) is 68.6. The van der Waals surface area contributed by atoms with E-state index in [-0.39, 0.29) is 19.3 Å². The first-order chi connectivity index (χ1) is 42.2. The molecule has 4 N–H and O–H groups in total. The first kappa shape index (κ1) is 83.2. The van der Waals surface area contributed by atoms with Crippen LogP contribution in [0, 0.1) is 0 Å². The summed E-state index contributed by atoms with van der Waals surface area (Å²) in [7, 11) is -9.78. The van der Waals surface area contributed by atoms with Crippen LogP contribution in [-0.2, 0) is 55.8 Å². The molecule has 0 fully saturated rings. The van der Waals surface area contributed by atoms with Gasteiger partial charge in [-0.1, -0.05) is 233 Å². The van der Waals surface area contributed by atoms with Crippen LogP contribution >= 0.6 is 15.6 Å². The van der Waals surface area contributed by atoms with Crippen LogP contribution in [0.2, 0.25) is 0 Å². The molecule has 0 rings (SSSR count). The lowest BCUT2D eigenvalue weighted by atomic mass is 10.1. The molecule has 0 aliphatic carbocycles. The topological polar surface area (TPSA) is 231 Å². The predicted octanol–water partition coefficient (Wildman–Crippen LogP) is 18.1. The number of esters is 3. The number of allylic oxidation sites excluding steroid dienone is 18. The van der Waals surface area contributed by atoms with Crippen LogP contribution in [0.25, 0.3) is 0 Å². The Balaban J connectivity index is 4.64. The van der Waals surface area contributed by atoms with E-state index in [0.717, 1.165) is 128 Å². The Kier molecular flexibility index (Phi) is 59.7. The van der Waals surface area contributed by atoms with Crippen molar-refractivity contribution in [1.82, 2.24) is 0 Å². The molecule has 0 radical (unpaired) electrons. The van der Waals surface area contributed by atoms with E-state index in [1.54, 1.807) is 0 Å². The van der Waals surface area contributed by atoms with E-state index in [9.17, 15) is 43.5 Å². The van der Waals surface area contributed by atoms with Gasteiger partial charge in [0.05, 0.1) is 26.4 Å². The fourth-order valence-electron chi connectivity index (χ4n) is 8.40. The third-order valence-corrected chi connectivity index (χ3v) is 15.4. The van der Waals surface area contributed by atoms with Crippen molar-refractivity contribution in [1.29, 1.82) is 0 Å². The third kappa shape index (κ3) is 63.6. The largest absolute Gasteiger partial charge is 0.472 e. The second-order valence-electron chi connectivity index (χ2n) is 21.9. The zero-order valence-electron chi connectivity index (χ0n) is 53.9. The van der Waals surface area contributed by atoms with Crippen molar-refractivity contribution in [3.8, 4) is 0 Å². The maximum atomic E-state index is 12.9. The average Bonchev–Trinajstić information content (AvgIpc) is 3.53. The summed E-state index contributed by atoms with van der Waals surface area (Å²) in [4.78, 5) is 58.2. The Morgan fingerprint density at radius 2 is 0.609 bits per heavy atom. The number of ether oxygens (including phenoxy) is 3. The molecule has 0 saturated heterocycles. The van der Waals surface area contributed by atoms with E-state index in [0.29, 0.717) is 19.3 Å². The van der Waals surface area contributed by atoms with Crippen LogP contribution < -0.4 is 0 Å². The number of phosphoric acid groups is 2. The highest BCUT2D eigenvalue weighted by Crippen LogP contribution is 2.45. The summed E-state index contributed by atoms with van der Waals surface area (Å²) in [5.74, 6) is -1.63. The maximum absolute atomic E-state index is 12.9. The van der Waals surface area contributed by atoms with Gasteiger partial charge in [0.2, 0.25) is 0 Å². The van der Waals surface area contributed by atoms with Crippen molar-refractivity contribution in [2.45, 2.75) is 270 Å². The number of unbranched alkanes of at least 4 members (excludes halogenated alkanes) is 21. The number of hydrogen-bond donors (Lipinski definition) is 4. The fraction of sp³-hybridized carbons (Fsp3) is 0.696. The molecular formula is C69H118O16P2. The van der Waals surface area contributed by atoms with E-state index in [1.165, 1.54) is 64.2 Å². The lowest BCUT2D eigenvalue weighted by Gasteiger charge is -2.21. The number of aliphatic hydroxyl groups is 2. The molecule has 0 spiro atoms. The molecule has 16 nitrogen and oxygen atoms in total. The number of aliphatic hydroxyl groups excluding tert-OH is 2. The van der Waals surface area contributed by atoms with Gasteiger partial charge in [-0.2, -0.15) is 0 Å². The average molecular weight is 1270 g/mol. The van der Waals surface area contributed by atoms with Gasteiger partial charge in [-0.05, 0) is 109 Å². The molecule has 500 valence electrons. The van der Waals surface area contributed by atoms with Gasteiger partial charge in [0, 0.05) is 19.3 Å². The summed E-state index contributed by atoms with van der Waals surface area (Å²) < 4.78 is 60.7. The van der Waals surface area contributed by atoms with Gasteiger partial charge >= 0.3 is 33.6 Å². The highest BCUT2D eigenvalue weighted by Gasteiger charge is 2.29. The minimum Gasteiger partial charge on any atom is -0.463 e. The van der Waals surface area contributed by atoms with Gasteiger partial charge in [-0.3, -0.25) is 32.5 Å². The highest BCUT2D eigenvalue weighted by molar-refractivity contribution is 7.47. The fourth-order valence-corrected chi connectivity index (χ4v) is 9.99. The van der Waals surface area contributed by atoms with Crippen LogP contribution in [-0.4, -0.2) is 95.9 Å². The minimum absolute atomic E-state index is 0.0965. The summed E-state index contributed by atoms with van der Waals surface area (Å²) in [5.41, 5.74) is 0. The first-order valence-electron chi connectivity index (χ1n) is 33.2. The van der Waals surface area contributed by atoms with Gasteiger partial charge in [0.15, 0.2) is 6.10 Å². The summed E-state index contributed by atoms with van der Waals surface area (Å²) in [6.45, 7) is 2.44. The molecule has 0 aliphatic heterocycles. The van der Waals surface area contributed by atoms with Crippen molar-refractivity contribution in [2.24, 2.45) is 0 Å². The molecule has 0 amide bonds. The Labute approximate surface area is 526 Å². The van der Waals surface area contributed by atoms with Crippen LogP contribution in [0.4, 0.5) is 0 Å². The predicted molar refractivity (Wildman–Crippen MR) is 353 cm³/mol. The number of carbonyl (C=O) groups is 3. The zero-order valence-corrected chi connectivity index (χ0v) is 55.7. The van der Waals surface area contributed by atoms with E-state index in [1.807, 2.05) is 0 Å². The lowest BCUT2D eigenvalue weighted by molar-refractivity contribution is -0.161. The Morgan fingerprint density at radius 1 is 0.333 bits per heavy atom. The van der Waals surface area contributed by atoms with Crippen molar-refractivity contribution in [3.63, 3.8) is 0 Å². The van der Waals surface area contributed by atoms with Crippen LogP contribution in [0.15, 0.2) is 109 Å². The second kappa shape index (κ2) is 62.4. The molecule has 0 bridgehead atoms. The van der Waals surface area contributed by atoms with Gasteiger partial charge in [-0.25, -0.2) is 9.13 Å².